The molecule has 3 aromatic rings. The van der Waals surface area contributed by atoms with Crippen LogP contribution in [0.5, 0.6) is 0 Å². The molecule has 3 rings (SSSR count). The summed E-state index contributed by atoms with van der Waals surface area (Å²) in [5.74, 6) is -0.451. The first-order valence-corrected chi connectivity index (χ1v) is 9.40. The molecule has 0 aliphatic carbocycles. The van der Waals surface area contributed by atoms with E-state index in [9.17, 15) is 13.2 Å². The van der Waals surface area contributed by atoms with E-state index >= 15 is 0 Å². The molecule has 26 heavy (non-hydrogen) atoms. The minimum Gasteiger partial charge on any atom is -0.321 e. The summed E-state index contributed by atoms with van der Waals surface area (Å²) in [5.41, 5.74) is 0.866. The molecule has 1 heterocycles. The molecule has 0 spiro atoms. The van der Waals surface area contributed by atoms with Gasteiger partial charge in [0, 0.05) is 11.2 Å². The Morgan fingerprint density at radius 1 is 0.962 bits per heavy atom. The highest BCUT2D eigenvalue weighted by atomic mass is 35.5. The third-order valence-corrected chi connectivity index (χ3v) is 5.09. The van der Waals surface area contributed by atoms with Crippen LogP contribution in [0, 0.1) is 0 Å². The smallest absolute Gasteiger partial charge is 0.261 e. The van der Waals surface area contributed by atoms with Crippen LogP contribution in [0.2, 0.25) is 5.02 Å². The summed E-state index contributed by atoms with van der Waals surface area (Å²) in [6, 6.07) is 15.5. The van der Waals surface area contributed by atoms with Crippen LogP contribution >= 0.6 is 11.6 Å². The van der Waals surface area contributed by atoms with Gasteiger partial charge in [0.2, 0.25) is 0 Å². The molecule has 1 aromatic heterocycles. The van der Waals surface area contributed by atoms with E-state index in [0.29, 0.717) is 10.7 Å². The Labute approximate surface area is 155 Å². The third kappa shape index (κ3) is 4.19. The lowest BCUT2D eigenvalue weighted by Gasteiger charge is -2.13. The number of hydrogen-bond acceptors (Lipinski definition) is 4. The van der Waals surface area contributed by atoms with Crippen molar-refractivity contribution >= 4 is 38.9 Å². The fraction of sp³-hybridized carbons (Fsp3) is 0. The molecule has 0 radical (unpaired) electrons. The first-order valence-electron chi connectivity index (χ1n) is 7.54. The van der Waals surface area contributed by atoms with Crippen molar-refractivity contribution in [2.45, 2.75) is 4.90 Å². The van der Waals surface area contributed by atoms with E-state index in [2.05, 4.69) is 15.0 Å². The number of carbonyl (C=O) groups excluding carboxylic acids is 1. The maximum absolute atomic E-state index is 12.6. The highest BCUT2D eigenvalue weighted by Crippen LogP contribution is 2.22. The molecule has 0 bridgehead atoms. The van der Waals surface area contributed by atoms with Crippen LogP contribution < -0.4 is 10.0 Å². The average molecular weight is 388 g/mol. The summed E-state index contributed by atoms with van der Waals surface area (Å²) in [6.07, 6.45) is 3.09. The lowest BCUT2D eigenvalue weighted by molar-refractivity contribution is 0.102. The SMILES string of the molecule is O=C(Nc1cccnc1)c1ccccc1NS(=O)(=O)c1ccc(Cl)cc1. The fourth-order valence-corrected chi connectivity index (χ4v) is 3.43. The maximum atomic E-state index is 12.6. The van der Waals surface area contributed by atoms with Crippen molar-refractivity contribution in [3.05, 3.63) is 83.6 Å². The van der Waals surface area contributed by atoms with E-state index in [1.54, 1.807) is 30.5 Å². The van der Waals surface area contributed by atoms with Gasteiger partial charge in [-0.1, -0.05) is 23.7 Å². The Morgan fingerprint density at radius 3 is 2.38 bits per heavy atom. The highest BCUT2D eigenvalue weighted by molar-refractivity contribution is 7.92. The summed E-state index contributed by atoms with van der Waals surface area (Å²) in [6.45, 7) is 0. The number of sulfonamides is 1. The minimum atomic E-state index is -3.86. The molecule has 2 aromatic carbocycles. The molecule has 6 nitrogen and oxygen atoms in total. The molecule has 8 heteroatoms. The Hall–Kier alpha value is -2.90. The molecule has 2 N–H and O–H groups in total. The van der Waals surface area contributed by atoms with Gasteiger partial charge in [0.1, 0.15) is 0 Å². The van der Waals surface area contributed by atoms with Gasteiger partial charge in [-0.2, -0.15) is 0 Å². The Bertz CT molecular complexity index is 1020. The van der Waals surface area contributed by atoms with Gasteiger partial charge in [-0.25, -0.2) is 8.42 Å². The van der Waals surface area contributed by atoms with E-state index in [4.69, 9.17) is 11.6 Å². The van der Waals surface area contributed by atoms with E-state index in [1.165, 1.54) is 42.6 Å². The van der Waals surface area contributed by atoms with E-state index in [-0.39, 0.29) is 16.1 Å². The number of nitrogens with one attached hydrogen (secondary N) is 2. The zero-order chi connectivity index (χ0) is 18.6. The molecule has 1 amide bonds. The molecule has 0 aliphatic heterocycles. The maximum Gasteiger partial charge on any atom is 0.261 e. The molecule has 132 valence electrons. The zero-order valence-electron chi connectivity index (χ0n) is 13.4. The predicted octanol–water partition coefficient (Wildman–Crippen LogP) is 3.79. The Kier molecular flexibility index (Phi) is 5.20. The number of carbonyl (C=O) groups is 1. The van der Waals surface area contributed by atoms with Gasteiger partial charge in [0.15, 0.2) is 0 Å². The number of halogens is 1. The van der Waals surface area contributed by atoms with Gasteiger partial charge in [0.25, 0.3) is 15.9 Å². The second-order valence-corrected chi connectivity index (χ2v) is 7.42. The number of hydrogen-bond donors (Lipinski definition) is 2. The van der Waals surface area contributed by atoms with Gasteiger partial charge in [0.05, 0.1) is 28.0 Å². The second-order valence-electron chi connectivity index (χ2n) is 5.30. The van der Waals surface area contributed by atoms with Crippen molar-refractivity contribution in [2.24, 2.45) is 0 Å². The molecular formula is C18H14ClN3O3S. The van der Waals surface area contributed by atoms with E-state index in [1.807, 2.05) is 0 Å². The number of nitrogens with zero attached hydrogens (tertiary/aromatic N) is 1. The van der Waals surface area contributed by atoms with Crippen molar-refractivity contribution in [3.8, 4) is 0 Å². The van der Waals surface area contributed by atoms with Crippen LogP contribution in [0.1, 0.15) is 10.4 Å². The Morgan fingerprint density at radius 2 is 1.69 bits per heavy atom. The molecule has 0 saturated heterocycles. The van der Waals surface area contributed by atoms with Gasteiger partial charge < -0.3 is 5.32 Å². The number of benzene rings is 2. The second kappa shape index (κ2) is 7.55. The van der Waals surface area contributed by atoms with Crippen LogP contribution in [-0.2, 0) is 10.0 Å². The largest absolute Gasteiger partial charge is 0.321 e. The molecule has 0 atom stereocenters. The summed E-state index contributed by atoms with van der Waals surface area (Å²) in [5, 5.41) is 3.11. The normalized spacial score (nSPS) is 11.0. The van der Waals surface area contributed by atoms with Gasteiger partial charge >= 0.3 is 0 Å². The summed E-state index contributed by atoms with van der Waals surface area (Å²) >= 11 is 5.79. The highest BCUT2D eigenvalue weighted by Gasteiger charge is 2.18. The van der Waals surface area contributed by atoms with Gasteiger partial charge in [-0.15, -0.1) is 0 Å². The Balaban J connectivity index is 1.87. The lowest BCUT2D eigenvalue weighted by atomic mass is 10.1. The van der Waals surface area contributed by atoms with Crippen molar-refractivity contribution in [2.75, 3.05) is 10.0 Å². The first kappa shape index (κ1) is 17.9. The number of aromatic nitrogens is 1. The van der Waals surface area contributed by atoms with Gasteiger partial charge in [-0.3, -0.25) is 14.5 Å². The molecular weight excluding hydrogens is 374 g/mol. The van der Waals surface area contributed by atoms with Crippen LogP contribution in [0.25, 0.3) is 0 Å². The van der Waals surface area contributed by atoms with Crippen molar-refractivity contribution in [1.82, 2.24) is 4.98 Å². The lowest BCUT2D eigenvalue weighted by Crippen LogP contribution is -2.18. The third-order valence-electron chi connectivity index (χ3n) is 3.46. The number of anilines is 2. The topological polar surface area (TPSA) is 88.2 Å². The van der Waals surface area contributed by atoms with Crippen molar-refractivity contribution in [1.29, 1.82) is 0 Å². The fourth-order valence-electron chi connectivity index (χ4n) is 2.22. The van der Waals surface area contributed by atoms with E-state index in [0.717, 1.165) is 0 Å². The standard InChI is InChI=1S/C18H14ClN3O3S/c19-13-7-9-15(10-8-13)26(24,25)22-17-6-2-1-5-16(17)18(23)21-14-4-3-11-20-12-14/h1-12,22H,(H,21,23). The van der Waals surface area contributed by atoms with Gasteiger partial charge in [-0.05, 0) is 48.5 Å². The zero-order valence-corrected chi connectivity index (χ0v) is 15.0. The molecule has 0 aliphatic rings. The van der Waals surface area contributed by atoms with Crippen LogP contribution in [0.3, 0.4) is 0 Å². The van der Waals surface area contributed by atoms with Crippen LogP contribution in [0.15, 0.2) is 78.0 Å². The summed E-state index contributed by atoms with van der Waals surface area (Å²) < 4.78 is 27.5. The number of rotatable bonds is 5. The average Bonchev–Trinajstić information content (AvgIpc) is 2.63. The van der Waals surface area contributed by atoms with Crippen molar-refractivity contribution < 1.29 is 13.2 Å². The first-order chi connectivity index (χ1) is 12.5. The molecule has 0 fully saturated rings. The monoisotopic (exact) mass is 387 g/mol. The number of amides is 1. The van der Waals surface area contributed by atoms with Crippen LogP contribution in [-0.4, -0.2) is 19.3 Å². The predicted molar refractivity (Wildman–Crippen MR) is 101 cm³/mol. The quantitative estimate of drug-likeness (QED) is 0.697. The van der Waals surface area contributed by atoms with Crippen LogP contribution in [0.4, 0.5) is 11.4 Å². The molecule has 0 unspecified atom stereocenters. The van der Waals surface area contributed by atoms with Crippen molar-refractivity contribution in [3.63, 3.8) is 0 Å². The van der Waals surface area contributed by atoms with E-state index < -0.39 is 15.9 Å². The summed E-state index contributed by atoms with van der Waals surface area (Å²) in [7, 11) is -3.86. The number of para-hydroxylation sites is 1. The molecule has 0 saturated carbocycles. The summed E-state index contributed by atoms with van der Waals surface area (Å²) in [4.78, 5) is 16.5. The minimum absolute atomic E-state index is 0.0457. The number of pyridine rings is 1.